The highest BCUT2D eigenvalue weighted by atomic mass is 79.9. The molecule has 1 aromatic carbocycles. The van der Waals surface area contributed by atoms with Gasteiger partial charge in [0, 0.05) is 35.7 Å². The monoisotopic (exact) mass is 354 g/mol. The lowest BCUT2D eigenvalue weighted by Crippen LogP contribution is -2.62. The fourth-order valence-electron chi connectivity index (χ4n) is 3.95. The number of rotatable bonds is 3. The number of benzene rings is 1. The Morgan fingerprint density at radius 3 is 2.76 bits per heavy atom. The summed E-state index contributed by atoms with van der Waals surface area (Å²) in [6.07, 6.45) is 6.38. The van der Waals surface area contributed by atoms with Crippen LogP contribution in [-0.2, 0) is 6.54 Å². The molecule has 4 heteroatoms. The molecular weight excluding hydrogens is 331 g/mol. The van der Waals surface area contributed by atoms with Crippen LogP contribution in [0, 0.1) is 5.82 Å². The van der Waals surface area contributed by atoms with Crippen molar-refractivity contribution in [1.29, 1.82) is 0 Å². The predicted molar refractivity (Wildman–Crippen MR) is 87.8 cm³/mol. The number of hydrogen-bond acceptors (Lipinski definition) is 2. The molecule has 1 atom stereocenters. The molecule has 116 valence electrons. The van der Waals surface area contributed by atoms with E-state index in [0.717, 1.165) is 36.1 Å². The molecule has 0 aromatic heterocycles. The average Bonchev–Trinajstić information content (AvgIpc) is 2.86. The van der Waals surface area contributed by atoms with Gasteiger partial charge in [0.1, 0.15) is 5.82 Å². The van der Waals surface area contributed by atoms with E-state index < -0.39 is 0 Å². The van der Waals surface area contributed by atoms with Crippen LogP contribution in [0.2, 0.25) is 0 Å². The zero-order valence-corrected chi connectivity index (χ0v) is 14.3. The molecule has 21 heavy (non-hydrogen) atoms. The third-order valence-corrected chi connectivity index (χ3v) is 5.53. The van der Waals surface area contributed by atoms with Gasteiger partial charge in [-0.2, -0.15) is 0 Å². The Kier molecular flexibility index (Phi) is 4.67. The van der Waals surface area contributed by atoms with Crippen LogP contribution in [0.15, 0.2) is 22.7 Å². The largest absolute Gasteiger partial charge is 0.308 e. The number of halogens is 2. The van der Waals surface area contributed by atoms with Gasteiger partial charge in [0.15, 0.2) is 0 Å². The highest BCUT2D eigenvalue weighted by molar-refractivity contribution is 9.10. The Labute approximate surface area is 135 Å². The van der Waals surface area contributed by atoms with Gasteiger partial charge in [-0.1, -0.05) is 35.7 Å². The molecule has 1 unspecified atom stereocenters. The number of nitrogens with zero attached hydrogens (tertiary/aromatic N) is 1. The summed E-state index contributed by atoms with van der Waals surface area (Å²) >= 11 is 3.40. The maximum absolute atomic E-state index is 13.6. The Hall–Kier alpha value is -0.450. The highest BCUT2D eigenvalue weighted by Crippen LogP contribution is 2.34. The SMILES string of the molecule is CCC1CNC2(CCCC2)CN1Cc1cc(F)cc(Br)c1. The van der Waals surface area contributed by atoms with Gasteiger partial charge in [0.2, 0.25) is 0 Å². The third-order valence-electron chi connectivity index (χ3n) is 5.07. The Bertz CT molecular complexity index is 479. The van der Waals surface area contributed by atoms with Crippen LogP contribution >= 0.6 is 15.9 Å². The smallest absolute Gasteiger partial charge is 0.124 e. The second-order valence-electron chi connectivity index (χ2n) is 6.61. The quantitative estimate of drug-likeness (QED) is 0.879. The van der Waals surface area contributed by atoms with Gasteiger partial charge < -0.3 is 5.32 Å². The maximum atomic E-state index is 13.6. The Morgan fingerprint density at radius 2 is 2.10 bits per heavy atom. The first-order chi connectivity index (χ1) is 10.1. The van der Waals surface area contributed by atoms with Crippen molar-refractivity contribution in [3.05, 3.63) is 34.1 Å². The molecule has 0 radical (unpaired) electrons. The van der Waals surface area contributed by atoms with E-state index in [4.69, 9.17) is 0 Å². The Morgan fingerprint density at radius 1 is 1.33 bits per heavy atom. The van der Waals surface area contributed by atoms with E-state index in [1.165, 1.54) is 31.7 Å². The van der Waals surface area contributed by atoms with E-state index in [-0.39, 0.29) is 5.82 Å². The fraction of sp³-hybridized carbons (Fsp3) is 0.647. The summed E-state index contributed by atoms with van der Waals surface area (Å²) in [6, 6.07) is 5.79. The summed E-state index contributed by atoms with van der Waals surface area (Å²) in [7, 11) is 0. The van der Waals surface area contributed by atoms with Gasteiger partial charge in [0.25, 0.3) is 0 Å². The molecule has 3 rings (SSSR count). The van der Waals surface area contributed by atoms with Crippen LogP contribution in [0.25, 0.3) is 0 Å². The minimum absolute atomic E-state index is 0.155. The molecule has 1 heterocycles. The second kappa shape index (κ2) is 6.35. The van der Waals surface area contributed by atoms with E-state index in [0.29, 0.717) is 11.6 Å². The van der Waals surface area contributed by atoms with Crippen LogP contribution in [0.5, 0.6) is 0 Å². The first-order valence-electron chi connectivity index (χ1n) is 8.04. The maximum Gasteiger partial charge on any atom is 0.124 e. The molecule has 2 nitrogen and oxygen atoms in total. The minimum Gasteiger partial charge on any atom is -0.308 e. The van der Waals surface area contributed by atoms with E-state index in [2.05, 4.69) is 33.1 Å². The van der Waals surface area contributed by atoms with Gasteiger partial charge in [-0.25, -0.2) is 4.39 Å². The normalized spacial score (nSPS) is 25.6. The molecule has 1 aromatic rings. The molecule has 0 bridgehead atoms. The zero-order valence-electron chi connectivity index (χ0n) is 12.7. The predicted octanol–water partition coefficient (Wildman–Crippen LogP) is 4.08. The fourth-order valence-corrected chi connectivity index (χ4v) is 4.46. The van der Waals surface area contributed by atoms with Gasteiger partial charge >= 0.3 is 0 Å². The van der Waals surface area contributed by atoms with Crippen molar-refractivity contribution in [1.82, 2.24) is 10.2 Å². The van der Waals surface area contributed by atoms with Gasteiger partial charge in [-0.15, -0.1) is 0 Å². The summed E-state index contributed by atoms with van der Waals surface area (Å²) in [5.41, 5.74) is 1.38. The van der Waals surface area contributed by atoms with Crippen LogP contribution in [0.4, 0.5) is 4.39 Å². The molecule has 1 spiro atoms. The van der Waals surface area contributed by atoms with Crippen molar-refractivity contribution in [3.63, 3.8) is 0 Å². The van der Waals surface area contributed by atoms with Crippen molar-refractivity contribution in [2.45, 2.75) is 57.2 Å². The molecule has 1 N–H and O–H groups in total. The highest BCUT2D eigenvalue weighted by Gasteiger charge is 2.40. The first-order valence-corrected chi connectivity index (χ1v) is 8.84. The summed E-state index contributed by atoms with van der Waals surface area (Å²) < 4.78 is 14.4. The second-order valence-corrected chi connectivity index (χ2v) is 7.53. The number of hydrogen-bond donors (Lipinski definition) is 1. The van der Waals surface area contributed by atoms with E-state index in [1.807, 2.05) is 6.07 Å². The van der Waals surface area contributed by atoms with Crippen LogP contribution < -0.4 is 5.32 Å². The zero-order chi connectivity index (χ0) is 14.9. The van der Waals surface area contributed by atoms with E-state index in [1.54, 1.807) is 6.07 Å². The van der Waals surface area contributed by atoms with Crippen molar-refractivity contribution in [2.24, 2.45) is 0 Å². The summed E-state index contributed by atoms with van der Waals surface area (Å²) in [5.74, 6) is -0.155. The van der Waals surface area contributed by atoms with Gasteiger partial charge in [-0.3, -0.25) is 4.90 Å². The van der Waals surface area contributed by atoms with E-state index >= 15 is 0 Å². The molecule has 0 amide bonds. The summed E-state index contributed by atoms with van der Waals surface area (Å²) in [5, 5.41) is 3.81. The molecule has 1 saturated heterocycles. The molecule has 1 aliphatic carbocycles. The molecule has 2 aliphatic rings. The summed E-state index contributed by atoms with van der Waals surface area (Å²) in [6.45, 7) is 5.25. The van der Waals surface area contributed by atoms with Gasteiger partial charge in [-0.05, 0) is 43.0 Å². The third kappa shape index (κ3) is 3.49. The van der Waals surface area contributed by atoms with Crippen molar-refractivity contribution >= 4 is 15.9 Å². The summed E-state index contributed by atoms with van der Waals surface area (Å²) in [4.78, 5) is 2.56. The topological polar surface area (TPSA) is 15.3 Å². The van der Waals surface area contributed by atoms with Crippen LogP contribution in [0.3, 0.4) is 0 Å². The van der Waals surface area contributed by atoms with Crippen LogP contribution in [-0.4, -0.2) is 29.6 Å². The Balaban J connectivity index is 1.76. The van der Waals surface area contributed by atoms with E-state index in [9.17, 15) is 4.39 Å². The van der Waals surface area contributed by atoms with Crippen molar-refractivity contribution in [3.8, 4) is 0 Å². The lowest BCUT2D eigenvalue weighted by Gasteiger charge is -2.46. The lowest BCUT2D eigenvalue weighted by atomic mass is 9.91. The molecule has 1 aliphatic heterocycles. The van der Waals surface area contributed by atoms with Crippen molar-refractivity contribution in [2.75, 3.05) is 13.1 Å². The molecule has 1 saturated carbocycles. The lowest BCUT2D eigenvalue weighted by molar-refractivity contribution is 0.0717. The van der Waals surface area contributed by atoms with Crippen molar-refractivity contribution < 1.29 is 4.39 Å². The van der Waals surface area contributed by atoms with Gasteiger partial charge in [0.05, 0.1) is 0 Å². The minimum atomic E-state index is -0.155. The van der Waals surface area contributed by atoms with Crippen LogP contribution in [0.1, 0.15) is 44.6 Å². The first kappa shape index (κ1) is 15.4. The standard InChI is InChI=1S/C17H24BrFN2/c1-2-16-10-20-17(5-3-4-6-17)12-21(16)11-13-7-14(18)9-15(19)8-13/h7-9,16,20H,2-6,10-12H2,1H3. The number of nitrogens with one attached hydrogen (secondary N) is 1. The molecule has 2 fully saturated rings. The number of piperazine rings is 1. The average molecular weight is 355 g/mol. The molecular formula is C17H24BrFN2.